The van der Waals surface area contributed by atoms with E-state index in [2.05, 4.69) is 5.10 Å². The molecule has 1 saturated heterocycles. The summed E-state index contributed by atoms with van der Waals surface area (Å²) >= 11 is 12.0. The molecule has 1 aliphatic heterocycles. The van der Waals surface area contributed by atoms with Gasteiger partial charge in [-0.05, 0) is 30.7 Å². The molecular weight excluding hydrogens is 451 g/mol. The molecule has 0 radical (unpaired) electrons. The number of unbranched alkanes of at least 4 members (excludes halogenated alkanes) is 1. The van der Waals surface area contributed by atoms with Gasteiger partial charge in [0.15, 0.2) is 0 Å². The summed E-state index contributed by atoms with van der Waals surface area (Å²) in [5, 5.41) is 4.54. The first-order valence-corrected chi connectivity index (χ1v) is 11.8. The number of hydrogen-bond acceptors (Lipinski definition) is 5. The Labute approximate surface area is 185 Å². The number of amides is 1. The third kappa shape index (κ3) is 4.85. The maximum atomic E-state index is 12.9. The number of carbonyl (C=O) groups is 1. The molecule has 1 aromatic heterocycles. The molecule has 1 aromatic carbocycles. The van der Waals surface area contributed by atoms with Crippen LogP contribution in [0.1, 0.15) is 30.3 Å². The second-order valence-electron chi connectivity index (χ2n) is 6.90. The number of piperazine rings is 1. The average molecular weight is 473 g/mol. The van der Waals surface area contributed by atoms with Crippen LogP contribution in [-0.2, 0) is 16.6 Å². The molecule has 8 nitrogen and oxygen atoms in total. The van der Waals surface area contributed by atoms with Crippen molar-refractivity contribution in [3.8, 4) is 0 Å². The molecule has 3 rings (SSSR count). The monoisotopic (exact) mass is 472 g/mol. The number of aromatic nitrogens is 2. The van der Waals surface area contributed by atoms with E-state index < -0.39 is 10.0 Å². The van der Waals surface area contributed by atoms with Gasteiger partial charge in [0, 0.05) is 43.8 Å². The Bertz CT molecular complexity index is 1100. The topological polar surface area (TPSA) is 92.6 Å². The molecule has 2 aromatic rings. The first kappa shape index (κ1) is 22.7. The molecule has 11 heteroatoms. The number of sulfonamides is 1. The van der Waals surface area contributed by atoms with Crippen molar-refractivity contribution >= 4 is 39.1 Å². The maximum absolute atomic E-state index is 12.9. The van der Waals surface area contributed by atoms with E-state index in [1.165, 1.54) is 44.2 Å². The van der Waals surface area contributed by atoms with Crippen molar-refractivity contribution in [3.05, 3.63) is 56.4 Å². The lowest BCUT2D eigenvalue weighted by Crippen LogP contribution is -2.50. The molecule has 0 atom stereocenters. The zero-order valence-electron chi connectivity index (χ0n) is 16.4. The number of benzene rings is 1. The molecule has 2 heterocycles. The molecule has 162 valence electrons. The average Bonchev–Trinajstić information content (AvgIpc) is 2.74. The lowest BCUT2D eigenvalue weighted by molar-refractivity contribution is 0.0689. The highest BCUT2D eigenvalue weighted by Gasteiger charge is 2.32. The summed E-state index contributed by atoms with van der Waals surface area (Å²) in [6, 6.07) is 7.02. The largest absolute Gasteiger partial charge is 0.335 e. The van der Waals surface area contributed by atoms with Crippen molar-refractivity contribution in [2.75, 3.05) is 26.2 Å². The van der Waals surface area contributed by atoms with Gasteiger partial charge in [0.1, 0.15) is 10.6 Å². The van der Waals surface area contributed by atoms with Crippen LogP contribution in [0, 0.1) is 0 Å². The minimum absolute atomic E-state index is 0.0545. The fourth-order valence-electron chi connectivity index (χ4n) is 3.14. The first-order chi connectivity index (χ1) is 14.2. The standard InChI is InChI=1S/C19H22Cl2N4O4S/c1-2-3-8-25-18(26)7-6-16(22-25)19(27)23-9-11-24(12-10-23)30(28,29)17-13-14(20)4-5-15(17)21/h4-7,13H,2-3,8-12H2,1H3. The van der Waals surface area contributed by atoms with Gasteiger partial charge in [-0.1, -0.05) is 36.5 Å². The molecule has 0 aliphatic carbocycles. The summed E-state index contributed by atoms with van der Waals surface area (Å²) in [6.45, 7) is 3.09. The number of carbonyl (C=O) groups excluding carboxylic acids is 1. The van der Waals surface area contributed by atoms with Gasteiger partial charge in [-0.2, -0.15) is 9.40 Å². The van der Waals surface area contributed by atoms with Crippen molar-refractivity contribution < 1.29 is 13.2 Å². The number of nitrogens with zero attached hydrogens (tertiary/aromatic N) is 4. The quantitative estimate of drug-likeness (QED) is 0.643. The van der Waals surface area contributed by atoms with E-state index in [0.717, 1.165) is 12.8 Å². The van der Waals surface area contributed by atoms with E-state index in [0.29, 0.717) is 6.54 Å². The summed E-state index contributed by atoms with van der Waals surface area (Å²) < 4.78 is 28.4. The lowest BCUT2D eigenvalue weighted by atomic mass is 10.3. The second-order valence-corrected chi connectivity index (χ2v) is 9.65. The Kier molecular flexibility index (Phi) is 7.18. The Morgan fingerprint density at radius 2 is 1.80 bits per heavy atom. The SMILES string of the molecule is CCCCn1nc(C(=O)N2CCN(S(=O)(=O)c3cc(Cl)ccc3Cl)CC2)ccc1=O. The van der Waals surface area contributed by atoms with Gasteiger partial charge in [0.25, 0.3) is 11.5 Å². The second kappa shape index (κ2) is 9.47. The van der Waals surface area contributed by atoms with Gasteiger partial charge >= 0.3 is 0 Å². The number of halogens is 2. The van der Waals surface area contributed by atoms with Crippen molar-refractivity contribution in [2.24, 2.45) is 0 Å². The minimum Gasteiger partial charge on any atom is -0.335 e. The highest BCUT2D eigenvalue weighted by molar-refractivity contribution is 7.89. The molecule has 0 saturated carbocycles. The van der Waals surface area contributed by atoms with Crippen molar-refractivity contribution in [1.82, 2.24) is 19.0 Å². The van der Waals surface area contributed by atoms with Crippen LogP contribution in [-0.4, -0.2) is 59.5 Å². The van der Waals surface area contributed by atoms with Crippen LogP contribution >= 0.6 is 23.2 Å². The molecule has 0 N–H and O–H groups in total. The van der Waals surface area contributed by atoms with Gasteiger partial charge in [-0.15, -0.1) is 0 Å². The number of hydrogen-bond donors (Lipinski definition) is 0. The summed E-state index contributed by atoms with van der Waals surface area (Å²) in [5.41, 5.74) is -0.0887. The van der Waals surface area contributed by atoms with Crippen LogP contribution in [0.15, 0.2) is 40.0 Å². The highest BCUT2D eigenvalue weighted by atomic mass is 35.5. The molecule has 1 fully saturated rings. The normalized spacial score (nSPS) is 15.4. The predicted molar refractivity (Wildman–Crippen MR) is 115 cm³/mol. The summed E-state index contributed by atoms with van der Waals surface area (Å²) in [4.78, 5) is 26.2. The van der Waals surface area contributed by atoms with E-state index in [9.17, 15) is 18.0 Å². The summed E-state index contributed by atoms with van der Waals surface area (Å²) in [7, 11) is -3.83. The zero-order chi connectivity index (χ0) is 21.9. The lowest BCUT2D eigenvalue weighted by Gasteiger charge is -2.34. The van der Waals surface area contributed by atoms with Gasteiger partial charge in [0.2, 0.25) is 10.0 Å². The van der Waals surface area contributed by atoms with E-state index in [1.807, 2.05) is 6.92 Å². The van der Waals surface area contributed by atoms with Crippen LogP contribution in [0.2, 0.25) is 10.0 Å². The van der Waals surface area contributed by atoms with Gasteiger partial charge in [0.05, 0.1) is 5.02 Å². The molecular formula is C19H22Cl2N4O4S. The van der Waals surface area contributed by atoms with Crippen LogP contribution in [0.4, 0.5) is 0 Å². The third-order valence-corrected chi connectivity index (χ3v) is 7.46. The van der Waals surface area contributed by atoms with Crippen molar-refractivity contribution in [1.29, 1.82) is 0 Å². The Hall–Kier alpha value is -1.94. The van der Waals surface area contributed by atoms with E-state index in [1.54, 1.807) is 0 Å². The summed E-state index contributed by atoms with van der Waals surface area (Å²) in [5.74, 6) is -0.335. The fraction of sp³-hybridized carbons (Fsp3) is 0.421. The van der Waals surface area contributed by atoms with E-state index >= 15 is 0 Å². The smallest absolute Gasteiger partial charge is 0.274 e. The molecule has 30 heavy (non-hydrogen) atoms. The van der Waals surface area contributed by atoms with Gasteiger partial charge < -0.3 is 4.90 Å². The third-order valence-electron chi connectivity index (χ3n) is 4.85. The van der Waals surface area contributed by atoms with Gasteiger partial charge in [-0.25, -0.2) is 13.1 Å². The Balaban J connectivity index is 1.71. The number of aryl methyl sites for hydroxylation is 1. The van der Waals surface area contributed by atoms with Crippen LogP contribution in [0.3, 0.4) is 0 Å². The first-order valence-electron chi connectivity index (χ1n) is 9.56. The maximum Gasteiger partial charge on any atom is 0.274 e. The van der Waals surface area contributed by atoms with Crippen LogP contribution in [0.25, 0.3) is 0 Å². The fourth-order valence-corrected chi connectivity index (χ4v) is 5.30. The number of rotatable bonds is 6. The predicted octanol–water partition coefficient (Wildman–Crippen LogP) is 2.50. The van der Waals surface area contributed by atoms with Gasteiger partial charge in [-0.3, -0.25) is 9.59 Å². The molecule has 0 unspecified atom stereocenters. The zero-order valence-corrected chi connectivity index (χ0v) is 18.8. The van der Waals surface area contributed by atoms with E-state index in [4.69, 9.17) is 23.2 Å². The molecule has 0 spiro atoms. The minimum atomic E-state index is -3.83. The summed E-state index contributed by atoms with van der Waals surface area (Å²) in [6.07, 6.45) is 1.69. The molecule has 1 aliphatic rings. The highest BCUT2D eigenvalue weighted by Crippen LogP contribution is 2.28. The molecule has 0 bridgehead atoms. The van der Waals surface area contributed by atoms with Crippen molar-refractivity contribution in [2.45, 2.75) is 31.2 Å². The van der Waals surface area contributed by atoms with Crippen LogP contribution < -0.4 is 5.56 Å². The van der Waals surface area contributed by atoms with Crippen LogP contribution in [0.5, 0.6) is 0 Å². The van der Waals surface area contributed by atoms with Crippen molar-refractivity contribution in [3.63, 3.8) is 0 Å². The Morgan fingerprint density at radius 1 is 1.10 bits per heavy atom. The van der Waals surface area contributed by atoms with E-state index in [-0.39, 0.29) is 58.3 Å². The molecule has 1 amide bonds. The Morgan fingerprint density at radius 3 is 2.47 bits per heavy atom.